The molecule has 0 spiro atoms. The lowest BCUT2D eigenvalue weighted by Gasteiger charge is -2.18. The van der Waals surface area contributed by atoms with Gasteiger partial charge in [-0.15, -0.1) is 11.3 Å². The van der Waals surface area contributed by atoms with E-state index >= 15 is 0 Å². The van der Waals surface area contributed by atoms with Crippen molar-refractivity contribution in [2.24, 2.45) is 0 Å². The van der Waals surface area contributed by atoms with Crippen LogP contribution in [-0.4, -0.2) is 15.5 Å². The Labute approximate surface area is 143 Å². The number of thiazole rings is 1. The van der Waals surface area contributed by atoms with Gasteiger partial charge in [0.25, 0.3) is 0 Å². The van der Waals surface area contributed by atoms with E-state index < -0.39 is 0 Å². The minimum absolute atomic E-state index is 0.0351. The molecule has 1 aromatic carbocycles. The molecule has 0 saturated carbocycles. The zero-order valence-electron chi connectivity index (χ0n) is 12.4. The predicted molar refractivity (Wildman–Crippen MR) is 94.0 cm³/mol. The lowest BCUT2D eigenvalue weighted by molar-refractivity contribution is -0.116. The SMILES string of the molecule is O=C(C[C@@H](Cn1cccc1)c1ccc(Cl)cc1)Nc1nccs1. The fourth-order valence-corrected chi connectivity index (χ4v) is 3.12. The summed E-state index contributed by atoms with van der Waals surface area (Å²) in [5, 5.41) is 6.01. The molecule has 2 heterocycles. The van der Waals surface area contributed by atoms with Crippen LogP contribution >= 0.6 is 22.9 Å². The Morgan fingerprint density at radius 3 is 2.65 bits per heavy atom. The molecule has 6 heteroatoms. The molecule has 0 fully saturated rings. The summed E-state index contributed by atoms with van der Waals surface area (Å²) in [5.41, 5.74) is 1.09. The molecule has 23 heavy (non-hydrogen) atoms. The van der Waals surface area contributed by atoms with Gasteiger partial charge in [0, 0.05) is 47.9 Å². The lowest BCUT2D eigenvalue weighted by Crippen LogP contribution is -2.18. The second-order valence-corrected chi connectivity index (χ2v) is 6.55. The zero-order valence-corrected chi connectivity index (χ0v) is 13.9. The number of halogens is 1. The van der Waals surface area contributed by atoms with E-state index in [1.807, 2.05) is 54.2 Å². The molecule has 0 aliphatic heterocycles. The van der Waals surface area contributed by atoms with E-state index in [1.165, 1.54) is 11.3 Å². The molecule has 0 saturated heterocycles. The number of benzene rings is 1. The zero-order chi connectivity index (χ0) is 16.1. The maximum atomic E-state index is 12.3. The van der Waals surface area contributed by atoms with Gasteiger partial charge in [-0.05, 0) is 29.8 Å². The first kappa shape index (κ1) is 15.8. The van der Waals surface area contributed by atoms with Gasteiger partial charge in [0.05, 0.1) is 0 Å². The molecular formula is C17H16ClN3OS. The molecule has 0 aliphatic carbocycles. The van der Waals surface area contributed by atoms with Crippen molar-refractivity contribution in [3.8, 4) is 0 Å². The highest BCUT2D eigenvalue weighted by molar-refractivity contribution is 7.13. The molecule has 2 aromatic heterocycles. The third kappa shape index (κ3) is 4.43. The minimum Gasteiger partial charge on any atom is -0.354 e. The van der Waals surface area contributed by atoms with Gasteiger partial charge in [0.2, 0.25) is 5.91 Å². The first-order chi connectivity index (χ1) is 11.2. The number of carbonyl (C=O) groups excluding carboxylic acids is 1. The summed E-state index contributed by atoms with van der Waals surface area (Å²) in [5.74, 6) is 0.0340. The number of anilines is 1. The van der Waals surface area contributed by atoms with E-state index in [9.17, 15) is 4.79 Å². The van der Waals surface area contributed by atoms with Gasteiger partial charge < -0.3 is 9.88 Å². The number of amides is 1. The summed E-state index contributed by atoms with van der Waals surface area (Å²) in [4.78, 5) is 16.4. The highest BCUT2D eigenvalue weighted by Gasteiger charge is 2.17. The Morgan fingerprint density at radius 1 is 1.26 bits per heavy atom. The second-order valence-electron chi connectivity index (χ2n) is 5.22. The van der Waals surface area contributed by atoms with Crippen LogP contribution in [0.25, 0.3) is 0 Å². The molecule has 3 aromatic rings. The Morgan fingerprint density at radius 2 is 2.00 bits per heavy atom. The Bertz CT molecular complexity index is 739. The van der Waals surface area contributed by atoms with E-state index in [0.717, 1.165) is 12.1 Å². The van der Waals surface area contributed by atoms with Crippen molar-refractivity contribution in [2.45, 2.75) is 18.9 Å². The quantitative estimate of drug-likeness (QED) is 0.719. The lowest BCUT2D eigenvalue weighted by atomic mass is 9.95. The molecule has 4 nitrogen and oxygen atoms in total. The number of nitrogens with one attached hydrogen (secondary N) is 1. The molecular weight excluding hydrogens is 330 g/mol. The van der Waals surface area contributed by atoms with E-state index in [4.69, 9.17) is 11.6 Å². The van der Waals surface area contributed by atoms with Crippen LogP contribution in [0.4, 0.5) is 5.13 Å². The van der Waals surface area contributed by atoms with Crippen LogP contribution in [0.1, 0.15) is 17.9 Å². The average molecular weight is 346 g/mol. The largest absolute Gasteiger partial charge is 0.354 e. The maximum Gasteiger partial charge on any atom is 0.226 e. The van der Waals surface area contributed by atoms with Gasteiger partial charge in [0.15, 0.2) is 5.13 Å². The van der Waals surface area contributed by atoms with Crippen molar-refractivity contribution in [3.63, 3.8) is 0 Å². The molecule has 118 valence electrons. The van der Waals surface area contributed by atoms with Crippen LogP contribution in [0.3, 0.4) is 0 Å². The first-order valence-corrected chi connectivity index (χ1v) is 8.52. The van der Waals surface area contributed by atoms with E-state index in [-0.39, 0.29) is 11.8 Å². The van der Waals surface area contributed by atoms with Crippen LogP contribution in [-0.2, 0) is 11.3 Å². The Hall–Kier alpha value is -2.11. The van der Waals surface area contributed by atoms with Crippen molar-refractivity contribution in [2.75, 3.05) is 5.32 Å². The molecule has 0 aliphatic rings. The van der Waals surface area contributed by atoms with Crippen molar-refractivity contribution in [3.05, 3.63) is 71.0 Å². The number of hydrogen-bond acceptors (Lipinski definition) is 3. The topological polar surface area (TPSA) is 46.9 Å². The first-order valence-electron chi connectivity index (χ1n) is 7.26. The van der Waals surface area contributed by atoms with Crippen LogP contribution < -0.4 is 5.32 Å². The highest BCUT2D eigenvalue weighted by atomic mass is 35.5. The molecule has 3 rings (SSSR count). The molecule has 0 unspecified atom stereocenters. The molecule has 1 N–H and O–H groups in total. The molecule has 1 amide bonds. The summed E-state index contributed by atoms with van der Waals surface area (Å²) >= 11 is 7.38. The fraction of sp³-hybridized carbons (Fsp3) is 0.176. The highest BCUT2D eigenvalue weighted by Crippen LogP contribution is 2.24. The van der Waals surface area contributed by atoms with Crippen LogP contribution in [0.2, 0.25) is 5.02 Å². The van der Waals surface area contributed by atoms with Crippen molar-refractivity contribution in [1.82, 2.24) is 9.55 Å². The number of hydrogen-bond donors (Lipinski definition) is 1. The summed E-state index contributed by atoms with van der Waals surface area (Å²) in [7, 11) is 0. The van der Waals surface area contributed by atoms with Crippen molar-refractivity contribution in [1.29, 1.82) is 0 Å². The third-order valence-corrected chi connectivity index (χ3v) is 4.49. The van der Waals surface area contributed by atoms with Gasteiger partial charge in [-0.1, -0.05) is 23.7 Å². The van der Waals surface area contributed by atoms with Crippen molar-refractivity contribution >= 4 is 34.0 Å². The molecule has 0 radical (unpaired) electrons. The van der Waals surface area contributed by atoms with E-state index in [0.29, 0.717) is 16.6 Å². The smallest absolute Gasteiger partial charge is 0.226 e. The summed E-state index contributed by atoms with van der Waals surface area (Å²) in [6, 6.07) is 11.6. The van der Waals surface area contributed by atoms with E-state index in [1.54, 1.807) is 6.20 Å². The minimum atomic E-state index is -0.0351. The fourth-order valence-electron chi connectivity index (χ4n) is 2.45. The number of aromatic nitrogens is 2. The third-order valence-electron chi connectivity index (χ3n) is 3.55. The predicted octanol–water partition coefficient (Wildman–Crippen LogP) is 4.41. The number of nitrogens with zero attached hydrogens (tertiary/aromatic N) is 2. The maximum absolute atomic E-state index is 12.3. The van der Waals surface area contributed by atoms with Gasteiger partial charge in [-0.3, -0.25) is 4.79 Å². The van der Waals surface area contributed by atoms with Gasteiger partial charge in [-0.2, -0.15) is 0 Å². The second kappa shape index (κ2) is 7.44. The summed E-state index contributed by atoms with van der Waals surface area (Å²) in [6.45, 7) is 0.736. The van der Waals surface area contributed by atoms with Crippen LogP contribution in [0, 0.1) is 0 Å². The van der Waals surface area contributed by atoms with Gasteiger partial charge in [-0.25, -0.2) is 4.98 Å². The Balaban J connectivity index is 1.74. The molecule has 0 bridgehead atoms. The Kier molecular flexibility index (Phi) is 5.10. The van der Waals surface area contributed by atoms with Gasteiger partial charge >= 0.3 is 0 Å². The summed E-state index contributed by atoms with van der Waals surface area (Å²) in [6.07, 6.45) is 6.07. The number of carbonyl (C=O) groups is 1. The number of rotatable bonds is 6. The van der Waals surface area contributed by atoms with Crippen molar-refractivity contribution < 1.29 is 4.79 Å². The average Bonchev–Trinajstić information content (AvgIpc) is 3.21. The van der Waals surface area contributed by atoms with Gasteiger partial charge in [0.1, 0.15) is 0 Å². The molecule has 1 atom stereocenters. The standard InChI is InChI=1S/C17H16ClN3OS/c18-15-5-3-13(4-6-15)14(12-21-8-1-2-9-21)11-16(22)20-17-19-7-10-23-17/h1-10,14H,11-12H2,(H,19,20,22)/t14-/m0/s1. The van der Waals surface area contributed by atoms with E-state index in [2.05, 4.69) is 14.9 Å². The monoisotopic (exact) mass is 345 g/mol. The van der Waals surface area contributed by atoms with Crippen LogP contribution in [0.15, 0.2) is 60.4 Å². The summed E-state index contributed by atoms with van der Waals surface area (Å²) < 4.78 is 2.08. The van der Waals surface area contributed by atoms with Crippen LogP contribution in [0.5, 0.6) is 0 Å². The normalized spacial score (nSPS) is 12.0.